The lowest BCUT2D eigenvalue weighted by atomic mass is 10.1. The summed E-state index contributed by atoms with van der Waals surface area (Å²) in [5.41, 5.74) is 3.13. The first kappa shape index (κ1) is 13.1. The van der Waals surface area contributed by atoms with E-state index in [9.17, 15) is 4.79 Å². The van der Waals surface area contributed by atoms with Crippen molar-refractivity contribution in [2.24, 2.45) is 0 Å². The van der Waals surface area contributed by atoms with Crippen molar-refractivity contribution in [2.75, 3.05) is 7.11 Å². The lowest BCUT2D eigenvalue weighted by molar-refractivity contribution is 0.112. The van der Waals surface area contributed by atoms with Gasteiger partial charge in [-0.15, -0.1) is 0 Å². The molecule has 2 aromatic carbocycles. The summed E-state index contributed by atoms with van der Waals surface area (Å²) >= 11 is 0. The number of hydrogen-bond donors (Lipinski definition) is 0. The molecule has 0 saturated heterocycles. The zero-order chi connectivity index (χ0) is 14.7. The first-order valence-corrected chi connectivity index (χ1v) is 6.56. The van der Waals surface area contributed by atoms with Crippen molar-refractivity contribution < 1.29 is 9.53 Å². The van der Waals surface area contributed by atoms with Crippen LogP contribution in [0.2, 0.25) is 0 Å². The highest BCUT2D eigenvalue weighted by atomic mass is 16.5. The summed E-state index contributed by atoms with van der Waals surface area (Å²) in [7, 11) is 1.62. The van der Waals surface area contributed by atoms with Crippen LogP contribution in [0.25, 0.3) is 16.9 Å². The zero-order valence-electron chi connectivity index (χ0n) is 11.6. The summed E-state index contributed by atoms with van der Waals surface area (Å²) in [4.78, 5) is 11.3. The van der Waals surface area contributed by atoms with Crippen molar-refractivity contribution in [3.05, 3.63) is 66.4 Å². The van der Waals surface area contributed by atoms with Gasteiger partial charge < -0.3 is 4.74 Å². The van der Waals surface area contributed by atoms with Gasteiger partial charge in [0, 0.05) is 11.6 Å². The Hall–Kier alpha value is -2.88. The Morgan fingerprint density at radius 3 is 2.62 bits per heavy atom. The maximum Gasteiger partial charge on any atom is 0.153 e. The van der Waals surface area contributed by atoms with E-state index >= 15 is 0 Å². The van der Waals surface area contributed by atoms with E-state index in [4.69, 9.17) is 4.74 Å². The van der Waals surface area contributed by atoms with E-state index in [1.165, 1.54) is 0 Å². The number of aromatic nitrogens is 2. The number of carbonyl (C=O) groups is 1. The molecule has 104 valence electrons. The van der Waals surface area contributed by atoms with Crippen LogP contribution in [0, 0.1) is 0 Å². The Balaban J connectivity index is 2.20. The van der Waals surface area contributed by atoms with E-state index in [-0.39, 0.29) is 0 Å². The number of benzene rings is 2. The van der Waals surface area contributed by atoms with Crippen LogP contribution >= 0.6 is 0 Å². The molecule has 0 spiro atoms. The van der Waals surface area contributed by atoms with Crippen LogP contribution in [0.3, 0.4) is 0 Å². The average molecular weight is 278 g/mol. The maximum absolute atomic E-state index is 11.3. The fraction of sp³-hybridized carbons (Fsp3) is 0.0588. The minimum atomic E-state index is 0.559. The van der Waals surface area contributed by atoms with Crippen LogP contribution < -0.4 is 4.74 Å². The topological polar surface area (TPSA) is 44.1 Å². The number of carbonyl (C=O) groups excluding carboxylic acids is 1. The molecule has 0 amide bonds. The summed E-state index contributed by atoms with van der Waals surface area (Å²) in [6.45, 7) is 0. The van der Waals surface area contributed by atoms with Gasteiger partial charge in [0.2, 0.25) is 0 Å². The predicted octanol–water partition coefficient (Wildman–Crippen LogP) is 3.36. The second-order valence-corrected chi connectivity index (χ2v) is 4.55. The molecule has 1 heterocycles. The Kier molecular flexibility index (Phi) is 3.51. The minimum absolute atomic E-state index is 0.559. The van der Waals surface area contributed by atoms with E-state index in [0.717, 1.165) is 29.0 Å². The average Bonchev–Trinajstić information content (AvgIpc) is 2.99. The number of nitrogens with zero attached hydrogens (tertiary/aromatic N) is 2. The molecule has 0 fully saturated rings. The van der Waals surface area contributed by atoms with Crippen molar-refractivity contribution in [3.63, 3.8) is 0 Å². The van der Waals surface area contributed by atoms with Crippen LogP contribution in [0.15, 0.2) is 60.8 Å². The van der Waals surface area contributed by atoms with Crippen molar-refractivity contribution in [1.82, 2.24) is 9.78 Å². The molecule has 0 radical (unpaired) electrons. The standard InChI is InChI=1S/C17H14N2O2/c1-21-16-9-5-8-15(10-16)19-17(14(12-20)11-18-19)13-6-3-2-4-7-13/h2-12H,1H3. The van der Waals surface area contributed by atoms with Gasteiger partial charge in [0.15, 0.2) is 6.29 Å². The molecule has 0 aliphatic rings. The molecule has 21 heavy (non-hydrogen) atoms. The summed E-state index contributed by atoms with van der Waals surface area (Å²) < 4.78 is 7.00. The Bertz CT molecular complexity index is 763. The fourth-order valence-corrected chi connectivity index (χ4v) is 2.27. The van der Waals surface area contributed by atoms with Crippen LogP contribution in [0.4, 0.5) is 0 Å². The van der Waals surface area contributed by atoms with Crippen molar-refractivity contribution >= 4 is 6.29 Å². The van der Waals surface area contributed by atoms with E-state index in [1.807, 2.05) is 54.6 Å². The molecule has 1 aromatic heterocycles. The van der Waals surface area contributed by atoms with Crippen molar-refractivity contribution in [3.8, 4) is 22.7 Å². The van der Waals surface area contributed by atoms with Crippen LogP contribution in [0.1, 0.15) is 10.4 Å². The van der Waals surface area contributed by atoms with E-state index in [1.54, 1.807) is 18.0 Å². The molecule has 0 aliphatic heterocycles. The monoisotopic (exact) mass is 278 g/mol. The quantitative estimate of drug-likeness (QED) is 0.687. The molecule has 4 heteroatoms. The normalized spacial score (nSPS) is 10.3. The molecular weight excluding hydrogens is 264 g/mol. The van der Waals surface area contributed by atoms with E-state index in [0.29, 0.717) is 5.56 Å². The Labute approximate surface area is 122 Å². The van der Waals surface area contributed by atoms with Gasteiger partial charge in [0.05, 0.1) is 30.3 Å². The van der Waals surface area contributed by atoms with Gasteiger partial charge in [-0.1, -0.05) is 36.4 Å². The molecule has 0 bridgehead atoms. The summed E-state index contributed by atoms with van der Waals surface area (Å²) in [6, 6.07) is 17.3. The second kappa shape index (κ2) is 5.63. The van der Waals surface area contributed by atoms with Gasteiger partial charge >= 0.3 is 0 Å². The van der Waals surface area contributed by atoms with Gasteiger partial charge in [0.1, 0.15) is 5.75 Å². The van der Waals surface area contributed by atoms with Crippen molar-refractivity contribution in [2.45, 2.75) is 0 Å². The molecule has 3 aromatic rings. The number of ether oxygens (including phenoxy) is 1. The molecule has 0 atom stereocenters. The predicted molar refractivity (Wildman–Crippen MR) is 80.9 cm³/mol. The summed E-state index contributed by atoms with van der Waals surface area (Å²) in [5.74, 6) is 0.745. The highest BCUT2D eigenvalue weighted by Crippen LogP contribution is 2.26. The number of hydrogen-bond acceptors (Lipinski definition) is 3. The third kappa shape index (κ3) is 2.43. The van der Waals surface area contributed by atoms with Gasteiger partial charge in [-0.05, 0) is 12.1 Å². The number of methoxy groups -OCH3 is 1. The molecule has 0 saturated carbocycles. The summed E-state index contributed by atoms with van der Waals surface area (Å²) in [5, 5.41) is 4.34. The lowest BCUT2D eigenvalue weighted by Gasteiger charge is -2.09. The molecule has 4 nitrogen and oxygen atoms in total. The molecule has 0 N–H and O–H groups in total. The molecular formula is C17H14N2O2. The fourth-order valence-electron chi connectivity index (χ4n) is 2.27. The van der Waals surface area contributed by atoms with Gasteiger partial charge in [-0.25, -0.2) is 4.68 Å². The first-order chi connectivity index (χ1) is 10.3. The van der Waals surface area contributed by atoms with Crippen LogP contribution in [0.5, 0.6) is 5.75 Å². The van der Waals surface area contributed by atoms with Crippen LogP contribution in [-0.4, -0.2) is 23.2 Å². The first-order valence-electron chi connectivity index (χ1n) is 6.56. The van der Waals surface area contributed by atoms with E-state index in [2.05, 4.69) is 5.10 Å². The molecule has 0 unspecified atom stereocenters. The SMILES string of the molecule is COc1cccc(-n2ncc(C=O)c2-c2ccccc2)c1. The van der Waals surface area contributed by atoms with Crippen molar-refractivity contribution in [1.29, 1.82) is 0 Å². The third-order valence-electron chi connectivity index (χ3n) is 3.27. The number of rotatable bonds is 4. The Morgan fingerprint density at radius 1 is 1.10 bits per heavy atom. The smallest absolute Gasteiger partial charge is 0.153 e. The molecule has 0 aliphatic carbocycles. The lowest BCUT2D eigenvalue weighted by Crippen LogP contribution is -2.00. The zero-order valence-corrected chi connectivity index (χ0v) is 11.6. The van der Waals surface area contributed by atoms with Gasteiger partial charge in [-0.3, -0.25) is 4.79 Å². The van der Waals surface area contributed by atoms with Gasteiger partial charge in [-0.2, -0.15) is 5.10 Å². The van der Waals surface area contributed by atoms with Crippen LogP contribution in [-0.2, 0) is 0 Å². The highest BCUT2D eigenvalue weighted by Gasteiger charge is 2.14. The largest absolute Gasteiger partial charge is 0.497 e. The number of aldehydes is 1. The van der Waals surface area contributed by atoms with Gasteiger partial charge in [0.25, 0.3) is 0 Å². The summed E-state index contributed by atoms with van der Waals surface area (Å²) in [6.07, 6.45) is 2.40. The van der Waals surface area contributed by atoms with E-state index < -0.39 is 0 Å². The minimum Gasteiger partial charge on any atom is -0.497 e. The Morgan fingerprint density at radius 2 is 1.90 bits per heavy atom. The maximum atomic E-state index is 11.3. The second-order valence-electron chi connectivity index (χ2n) is 4.55. The third-order valence-corrected chi connectivity index (χ3v) is 3.27. The molecule has 3 rings (SSSR count). The highest BCUT2D eigenvalue weighted by molar-refractivity contribution is 5.86.